The van der Waals surface area contributed by atoms with E-state index < -0.39 is 0 Å². The quantitative estimate of drug-likeness (QED) is 0.883. The van der Waals surface area contributed by atoms with Gasteiger partial charge in [-0.25, -0.2) is 4.98 Å². The van der Waals surface area contributed by atoms with Crippen LogP contribution in [0.4, 0.5) is 0 Å². The average Bonchev–Trinajstić information content (AvgIpc) is 2.66. The van der Waals surface area contributed by atoms with Gasteiger partial charge in [0.15, 0.2) is 0 Å². The van der Waals surface area contributed by atoms with Gasteiger partial charge in [0.2, 0.25) is 0 Å². The smallest absolute Gasteiger partial charge is 0.113 e. The molecule has 1 fully saturated rings. The zero-order chi connectivity index (χ0) is 10.7. The Bertz CT molecular complexity index is 311. The Balaban J connectivity index is 2.10. The fourth-order valence-corrected chi connectivity index (χ4v) is 3.52. The Hall–Kier alpha value is -0.120. The minimum Gasteiger partial charge on any atom is -0.316 e. The second-order valence-corrected chi connectivity index (χ2v) is 5.84. The average molecular weight is 245 g/mol. The zero-order valence-corrected chi connectivity index (χ0v) is 10.6. The number of aromatic nitrogens is 1. The van der Waals surface area contributed by atoms with Crippen molar-refractivity contribution < 1.29 is 0 Å². The predicted octanol–water partition coefficient (Wildman–Crippen LogP) is 3.29. The summed E-state index contributed by atoms with van der Waals surface area (Å²) in [7, 11) is 0. The molecule has 1 saturated heterocycles. The first-order valence-corrected chi connectivity index (χ1v) is 6.82. The summed E-state index contributed by atoms with van der Waals surface area (Å²) < 4.78 is 0.818. The molecule has 0 saturated carbocycles. The molecule has 2 atom stereocenters. The van der Waals surface area contributed by atoms with Crippen molar-refractivity contribution in [3.8, 4) is 0 Å². The highest BCUT2D eigenvalue weighted by atomic mass is 35.5. The Morgan fingerprint density at radius 3 is 3.20 bits per heavy atom. The van der Waals surface area contributed by atoms with Gasteiger partial charge >= 0.3 is 0 Å². The van der Waals surface area contributed by atoms with E-state index in [0.29, 0.717) is 5.92 Å². The van der Waals surface area contributed by atoms with Crippen molar-refractivity contribution in [1.29, 1.82) is 0 Å². The van der Waals surface area contributed by atoms with E-state index in [2.05, 4.69) is 17.2 Å². The summed E-state index contributed by atoms with van der Waals surface area (Å²) in [5.74, 6) is 1.37. The van der Waals surface area contributed by atoms with Crippen LogP contribution in [0, 0.1) is 5.92 Å². The number of piperidine rings is 1. The molecule has 0 amide bonds. The summed E-state index contributed by atoms with van der Waals surface area (Å²) in [5.41, 5.74) is 0. The SMILES string of the molecule is CCCC1CNCCC1c1ncc(Cl)s1. The lowest BCUT2D eigenvalue weighted by Gasteiger charge is -2.30. The van der Waals surface area contributed by atoms with Gasteiger partial charge in [0.25, 0.3) is 0 Å². The number of nitrogens with zero attached hydrogens (tertiary/aromatic N) is 1. The van der Waals surface area contributed by atoms with Gasteiger partial charge in [0.05, 0.1) is 11.2 Å². The number of rotatable bonds is 3. The first kappa shape index (κ1) is 11.4. The first-order chi connectivity index (χ1) is 7.31. The highest BCUT2D eigenvalue weighted by Gasteiger charge is 2.27. The summed E-state index contributed by atoms with van der Waals surface area (Å²) in [5, 5.41) is 4.71. The van der Waals surface area contributed by atoms with Gasteiger partial charge in [0, 0.05) is 5.92 Å². The van der Waals surface area contributed by atoms with E-state index >= 15 is 0 Å². The van der Waals surface area contributed by atoms with Crippen LogP contribution in [-0.4, -0.2) is 18.1 Å². The number of hydrogen-bond donors (Lipinski definition) is 1. The molecule has 0 bridgehead atoms. The summed E-state index contributed by atoms with van der Waals surface area (Å²) in [6, 6.07) is 0. The molecule has 15 heavy (non-hydrogen) atoms. The van der Waals surface area contributed by atoms with Crippen molar-refractivity contribution in [2.45, 2.75) is 32.1 Å². The van der Waals surface area contributed by atoms with Crippen LogP contribution in [0.5, 0.6) is 0 Å². The molecule has 0 radical (unpaired) electrons. The zero-order valence-electron chi connectivity index (χ0n) is 9.00. The van der Waals surface area contributed by atoms with E-state index in [1.807, 2.05) is 0 Å². The van der Waals surface area contributed by atoms with Gasteiger partial charge < -0.3 is 5.32 Å². The van der Waals surface area contributed by atoms with Crippen LogP contribution in [0.2, 0.25) is 4.34 Å². The van der Waals surface area contributed by atoms with E-state index in [0.717, 1.165) is 23.3 Å². The van der Waals surface area contributed by atoms with Crippen molar-refractivity contribution in [1.82, 2.24) is 10.3 Å². The van der Waals surface area contributed by atoms with Crippen molar-refractivity contribution in [3.63, 3.8) is 0 Å². The Kier molecular flexibility index (Phi) is 4.00. The topological polar surface area (TPSA) is 24.9 Å². The second-order valence-electron chi connectivity index (χ2n) is 4.15. The van der Waals surface area contributed by atoms with Gasteiger partial charge in [-0.05, 0) is 31.8 Å². The lowest BCUT2D eigenvalue weighted by molar-refractivity contribution is 0.306. The third-order valence-electron chi connectivity index (χ3n) is 3.08. The molecule has 1 aromatic heterocycles. The molecule has 1 aliphatic heterocycles. The maximum absolute atomic E-state index is 5.94. The summed E-state index contributed by atoms with van der Waals surface area (Å²) in [4.78, 5) is 4.43. The molecule has 0 aromatic carbocycles. The summed E-state index contributed by atoms with van der Waals surface area (Å²) in [6.45, 7) is 4.50. The van der Waals surface area contributed by atoms with Crippen LogP contribution >= 0.6 is 22.9 Å². The van der Waals surface area contributed by atoms with E-state index in [-0.39, 0.29) is 0 Å². The third-order valence-corrected chi connectivity index (χ3v) is 4.33. The number of nitrogens with one attached hydrogen (secondary N) is 1. The van der Waals surface area contributed by atoms with Crippen molar-refractivity contribution >= 4 is 22.9 Å². The predicted molar refractivity (Wildman–Crippen MR) is 65.7 cm³/mol. The van der Waals surface area contributed by atoms with Gasteiger partial charge in [-0.1, -0.05) is 24.9 Å². The maximum Gasteiger partial charge on any atom is 0.113 e. The van der Waals surface area contributed by atoms with Crippen molar-refractivity contribution in [2.24, 2.45) is 5.92 Å². The Labute approximate surface area is 100 Å². The van der Waals surface area contributed by atoms with E-state index in [1.54, 1.807) is 17.5 Å². The van der Waals surface area contributed by atoms with E-state index in [9.17, 15) is 0 Å². The molecule has 1 N–H and O–H groups in total. The number of thiazole rings is 1. The highest BCUT2D eigenvalue weighted by Crippen LogP contribution is 2.36. The van der Waals surface area contributed by atoms with Crippen LogP contribution in [0.15, 0.2) is 6.20 Å². The molecule has 4 heteroatoms. The third kappa shape index (κ3) is 2.71. The van der Waals surface area contributed by atoms with Crippen LogP contribution in [0.3, 0.4) is 0 Å². The van der Waals surface area contributed by atoms with E-state index in [1.165, 1.54) is 24.3 Å². The minimum absolute atomic E-state index is 0.628. The molecular weight excluding hydrogens is 228 g/mol. The summed E-state index contributed by atoms with van der Waals surface area (Å²) in [6.07, 6.45) is 5.53. The van der Waals surface area contributed by atoms with Crippen LogP contribution in [0.1, 0.15) is 37.1 Å². The Morgan fingerprint density at radius 1 is 1.67 bits per heavy atom. The molecule has 0 spiro atoms. The number of halogens is 1. The van der Waals surface area contributed by atoms with Crippen molar-refractivity contribution in [2.75, 3.05) is 13.1 Å². The molecule has 2 rings (SSSR count). The largest absolute Gasteiger partial charge is 0.316 e. The molecule has 84 valence electrons. The van der Waals surface area contributed by atoms with Gasteiger partial charge in [-0.3, -0.25) is 0 Å². The molecule has 0 aliphatic carbocycles. The minimum atomic E-state index is 0.628. The molecule has 2 unspecified atom stereocenters. The normalized spacial score (nSPS) is 26.8. The monoisotopic (exact) mass is 244 g/mol. The first-order valence-electron chi connectivity index (χ1n) is 5.63. The van der Waals surface area contributed by atoms with Crippen LogP contribution < -0.4 is 5.32 Å². The lowest BCUT2D eigenvalue weighted by Crippen LogP contribution is -2.35. The fourth-order valence-electron chi connectivity index (χ4n) is 2.36. The fraction of sp³-hybridized carbons (Fsp3) is 0.727. The lowest BCUT2D eigenvalue weighted by atomic mass is 9.84. The Morgan fingerprint density at radius 2 is 2.53 bits per heavy atom. The van der Waals surface area contributed by atoms with Crippen LogP contribution in [0.25, 0.3) is 0 Å². The standard InChI is InChI=1S/C11H17ClN2S/c1-2-3-8-6-13-5-4-9(8)11-14-7-10(12)15-11/h7-9,13H,2-6H2,1H3. The molecule has 2 heterocycles. The maximum atomic E-state index is 5.94. The second kappa shape index (κ2) is 5.28. The van der Waals surface area contributed by atoms with Gasteiger partial charge in [-0.2, -0.15) is 0 Å². The molecule has 1 aromatic rings. The van der Waals surface area contributed by atoms with Gasteiger partial charge in [0.1, 0.15) is 4.34 Å². The molecule has 2 nitrogen and oxygen atoms in total. The molecular formula is C11H17ClN2S. The molecule has 1 aliphatic rings. The van der Waals surface area contributed by atoms with Crippen molar-refractivity contribution in [3.05, 3.63) is 15.5 Å². The van der Waals surface area contributed by atoms with E-state index in [4.69, 9.17) is 11.6 Å². The summed E-state index contributed by atoms with van der Waals surface area (Å²) >= 11 is 7.60. The number of hydrogen-bond acceptors (Lipinski definition) is 3. The highest BCUT2D eigenvalue weighted by molar-refractivity contribution is 7.15. The van der Waals surface area contributed by atoms with Gasteiger partial charge in [-0.15, -0.1) is 11.3 Å². The van der Waals surface area contributed by atoms with Crippen LogP contribution in [-0.2, 0) is 0 Å².